The molecule has 0 radical (unpaired) electrons. The fourth-order valence-corrected chi connectivity index (χ4v) is 4.84. The molecule has 1 fully saturated rings. The average Bonchev–Trinajstić information content (AvgIpc) is 3.03. The van der Waals surface area contributed by atoms with E-state index in [0.717, 1.165) is 18.6 Å². The Labute approximate surface area is 145 Å². The van der Waals surface area contributed by atoms with Crippen molar-refractivity contribution >= 4 is 0 Å². The number of allylic oxidation sites excluding steroid dienone is 2. The Morgan fingerprint density at radius 3 is 2.71 bits per heavy atom. The summed E-state index contributed by atoms with van der Waals surface area (Å²) in [6.07, 6.45) is 8.49. The molecule has 3 aliphatic rings. The summed E-state index contributed by atoms with van der Waals surface area (Å²) in [6.45, 7) is 8.85. The van der Waals surface area contributed by atoms with Crippen molar-refractivity contribution in [3.05, 3.63) is 52.6 Å². The lowest BCUT2D eigenvalue weighted by atomic mass is 9.73. The number of ether oxygens (including phenoxy) is 2. The van der Waals surface area contributed by atoms with E-state index in [1.54, 1.807) is 18.3 Å². The van der Waals surface area contributed by atoms with Gasteiger partial charge in [-0.1, -0.05) is 29.4 Å². The Bertz CT molecular complexity index is 735. The van der Waals surface area contributed by atoms with Gasteiger partial charge in [-0.3, -0.25) is 0 Å². The van der Waals surface area contributed by atoms with Crippen LogP contribution in [0, 0.1) is 5.41 Å². The predicted molar refractivity (Wildman–Crippen MR) is 97.6 cm³/mol. The Morgan fingerprint density at radius 1 is 1.21 bits per heavy atom. The highest BCUT2D eigenvalue weighted by molar-refractivity contribution is 5.56. The summed E-state index contributed by atoms with van der Waals surface area (Å²) in [5, 5.41) is 0. The van der Waals surface area contributed by atoms with Crippen LogP contribution < -0.4 is 4.74 Å². The van der Waals surface area contributed by atoms with E-state index in [0.29, 0.717) is 5.92 Å². The van der Waals surface area contributed by atoms with E-state index in [1.807, 2.05) is 0 Å². The maximum atomic E-state index is 6.43. The summed E-state index contributed by atoms with van der Waals surface area (Å²) < 4.78 is 11.8. The van der Waals surface area contributed by atoms with Crippen LogP contribution in [0.15, 0.2) is 41.5 Å². The third-order valence-electron chi connectivity index (χ3n) is 5.94. The molecular weight excluding hydrogens is 296 g/mol. The molecule has 0 aromatic heterocycles. The number of fused-ring (bicyclic) bond motifs is 4. The third-order valence-corrected chi connectivity index (χ3v) is 5.94. The largest absolute Gasteiger partial charge is 0.497 e. The molecule has 3 atom stereocenters. The lowest BCUT2D eigenvalue weighted by Gasteiger charge is -2.38. The standard InChI is InChI=1S/C22H28O2/c1-21(2,3)24-20-9-8-19-18-13-14-12-15(23-5)6-7-16(14)17(18)10-11-22(19,20)4/h6-7,10-12,17,20H,8-9,13H2,1-5H3/t17-,20-,22-/m0/s1. The van der Waals surface area contributed by atoms with Crippen molar-refractivity contribution < 1.29 is 9.47 Å². The molecule has 0 saturated heterocycles. The molecule has 128 valence electrons. The molecule has 0 aliphatic heterocycles. The molecule has 0 unspecified atom stereocenters. The zero-order valence-electron chi connectivity index (χ0n) is 15.5. The van der Waals surface area contributed by atoms with Gasteiger partial charge in [0.15, 0.2) is 0 Å². The van der Waals surface area contributed by atoms with Crippen LogP contribution in [0.2, 0.25) is 0 Å². The van der Waals surface area contributed by atoms with Gasteiger partial charge in [0.25, 0.3) is 0 Å². The molecule has 2 heteroatoms. The van der Waals surface area contributed by atoms with Crippen molar-refractivity contribution in [2.24, 2.45) is 5.41 Å². The maximum absolute atomic E-state index is 6.43. The highest BCUT2D eigenvalue weighted by Crippen LogP contribution is 2.56. The molecule has 24 heavy (non-hydrogen) atoms. The summed E-state index contributed by atoms with van der Waals surface area (Å²) in [7, 11) is 1.74. The summed E-state index contributed by atoms with van der Waals surface area (Å²) >= 11 is 0. The van der Waals surface area contributed by atoms with Crippen LogP contribution in [-0.2, 0) is 11.2 Å². The van der Waals surface area contributed by atoms with Crippen molar-refractivity contribution in [3.8, 4) is 5.75 Å². The monoisotopic (exact) mass is 324 g/mol. The van der Waals surface area contributed by atoms with Gasteiger partial charge >= 0.3 is 0 Å². The van der Waals surface area contributed by atoms with Crippen molar-refractivity contribution in [2.75, 3.05) is 7.11 Å². The van der Waals surface area contributed by atoms with Gasteiger partial charge < -0.3 is 9.47 Å². The van der Waals surface area contributed by atoms with E-state index < -0.39 is 0 Å². The van der Waals surface area contributed by atoms with Gasteiger partial charge in [0.1, 0.15) is 5.75 Å². The van der Waals surface area contributed by atoms with Crippen molar-refractivity contribution in [3.63, 3.8) is 0 Å². The molecule has 1 saturated carbocycles. The van der Waals surface area contributed by atoms with Crippen LogP contribution >= 0.6 is 0 Å². The van der Waals surface area contributed by atoms with E-state index >= 15 is 0 Å². The van der Waals surface area contributed by atoms with E-state index in [9.17, 15) is 0 Å². The number of rotatable bonds is 2. The molecular formula is C22H28O2. The van der Waals surface area contributed by atoms with E-state index in [1.165, 1.54) is 17.5 Å². The molecule has 1 aromatic carbocycles. The Balaban J connectivity index is 1.72. The molecule has 0 spiro atoms. The first-order valence-corrected chi connectivity index (χ1v) is 9.08. The van der Waals surface area contributed by atoms with Crippen molar-refractivity contribution in [1.82, 2.24) is 0 Å². The normalized spacial score (nSPS) is 31.0. The predicted octanol–water partition coefficient (Wildman–Crippen LogP) is 5.19. The molecule has 1 aromatic rings. The van der Waals surface area contributed by atoms with Gasteiger partial charge in [-0.05, 0) is 70.2 Å². The van der Waals surface area contributed by atoms with Crippen LogP contribution in [0.5, 0.6) is 5.75 Å². The third kappa shape index (κ3) is 2.35. The van der Waals surface area contributed by atoms with Gasteiger partial charge in [0.05, 0.1) is 18.8 Å². The van der Waals surface area contributed by atoms with E-state index in [2.05, 4.69) is 58.0 Å². The maximum Gasteiger partial charge on any atom is 0.119 e. The highest BCUT2D eigenvalue weighted by atomic mass is 16.5. The SMILES string of the molecule is COc1ccc2c(c1)CC1=C3CC[C@H](OC(C)(C)C)[C@@]3(C)C=C[C@H]12. The zero-order chi connectivity index (χ0) is 17.1. The topological polar surface area (TPSA) is 18.5 Å². The smallest absolute Gasteiger partial charge is 0.119 e. The van der Waals surface area contributed by atoms with Gasteiger partial charge in [0, 0.05) is 11.3 Å². The second-order valence-electron chi connectivity index (χ2n) is 8.62. The minimum absolute atomic E-state index is 0.0608. The second-order valence-corrected chi connectivity index (χ2v) is 8.62. The Kier molecular flexibility index (Phi) is 3.47. The van der Waals surface area contributed by atoms with Crippen LogP contribution in [-0.4, -0.2) is 18.8 Å². The highest BCUT2D eigenvalue weighted by Gasteiger charge is 2.48. The lowest BCUT2D eigenvalue weighted by Crippen LogP contribution is -2.37. The molecule has 3 aliphatic carbocycles. The summed E-state index contributed by atoms with van der Waals surface area (Å²) in [6, 6.07) is 6.55. The van der Waals surface area contributed by atoms with E-state index in [-0.39, 0.29) is 17.1 Å². The van der Waals surface area contributed by atoms with Gasteiger partial charge in [-0.2, -0.15) is 0 Å². The van der Waals surface area contributed by atoms with Crippen LogP contribution in [0.4, 0.5) is 0 Å². The first-order chi connectivity index (χ1) is 11.3. The van der Waals surface area contributed by atoms with Crippen LogP contribution in [0.1, 0.15) is 57.6 Å². The number of hydrogen-bond acceptors (Lipinski definition) is 2. The Hall–Kier alpha value is -1.54. The average molecular weight is 324 g/mol. The second kappa shape index (κ2) is 5.23. The molecule has 0 N–H and O–H groups in total. The lowest BCUT2D eigenvalue weighted by molar-refractivity contribution is -0.0844. The van der Waals surface area contributed by atoms with Crippen LogP contribution in [0.25, 0.3) is 0 Å². The van der Waals surface area contributed by atoms with Gasteiger partial charge in [-0.15, -0.1) is 0 Å². The number of methoxy groups -OCH3 is 1. The zero-order valence-corrected chi connectivity index (χ0v) is 15.5. The Morgan fingerprint density at radius 2 is 2.00 bits per heavy atom. The quantitative estimate of drug-likeness (QED) is 0.697. The molecule has 0 amide bonds. The fourth-order valence-electron chi connectivity index (χ4n) is 4.84. The minimum Gasteiger partial charge on any atom is -0.497 e. The minimum atomic E-state index is -0.0928. The fraction of sp³-hybridized carbons (Fsp3) is 0.545. The van der Waals surface area contributed by atoms with Crippen molar-refractivity contribution in [2.45, 2.75) is 64.6 Å². The van der Waals surface area contributed by atoms with Gasteiger partial charge in [0.2, 0.25) is 0 Å². The molecule has 0 heterocycles. The number of hydrogen-bond donors (Lipinski definition) is 0. The van der Waals surface area contributed by atoms with Crippen LogP contribution in [0.3, 0.4) is 0 Å². The molecule has 2 nitrogen and oxygen atoms in total. The summed E-state index contributed by atoms with van der Waals surface area (Å²) in [5.74, 6) is 1.42. The molecule has 0 bridgehead atoms. The van der Waals surface area contributed by atoms with Gasteiger partial charge in [-0.25, -0.2) is 0 Å². The first kappa shape index (κ1) is 16.0. The number of benzene rings is 1. The summed E-state index contributed by atoms with van der Waals surface area (Å²) in [4.78, 5) is 0. The van der Waals surface area contributed by atoms with E-state index in [4.69, 9.17) is 9.47 Å². The van der Waals surface area contributed by atoms with Crippen molar-refractivity contribution in [1.29, 1.82) is 0 Å². The molecule has 4 rings (SSSR count). The summed E-state index contributed by atoms with van der Waals surface area (Å²) in [5.41, 5.74) is 6.09. The first-order valence-electron chi connectivity index (χ1n) is 9.08.